The summed E-state index contributed by atoms with van der Waals surface area (Å²) < 4.78 is 2.05. The molecule has 2 aromatic heterocycles. The third-order valence-corrected chi connectivity index (χ3v) is 3.91. The molecule has 3 nitrogen and oxygen atoms in total. The summed E-state index contributed by atoms with van der Waals surface area (Å²) in [5, 5.41) is 0. The third-order valence-electron chi connectivity index (χ3n) is 3.67. The molecule has 0 unspecified atom stereocenters. The topological polar surface area (TPSA) is 30.7 Å². The van der Waals surface area contributed by atoms with E-state index in [9.17, 15) is 0 Å². The van der Waals surface area contributed by atoms with Crippen molar-refractivity contribution in [2.45, 2.75) is 32.6 Å². The fraction of sp³-hybridized carbons (Fsp3) is 0.294. The number of alkyl halides is 1. The van der Waals surface area contributed by atoms with Crippen LogP contribution in [0.25, 0.3) is 16.9 Å². The first-order chi connectivity index (χ1) is 10.2. The highest BCUT2D eigenvalue weighted by Crippen LogP contribution is 2.23. The second-order valence-corrected chi connectivity index (χ2v) is 5.48. The zero-order valence-corrected chi connectivity index (χ0v) is 13.1. The van der Waals surface area contributed by atoms with E-state index >= 15 is 0 Å². The van der Waals surface area contributed by atoms with Crippen LogP contribution in [0.2, 0.25) is 0 Å². The lowest BCUT2D eigenvalue weighted by molar-refractivity contribution is 0.917. The van der Waals surface area contributed by atoms with Crippen molar-refractivity contribution in [1.29, 1.82) is 0 Å². The van der Waals surface area contributed by atoms with Crippen LogP contribution < -0.4 is 0 Å². The molecule has 0 aliphatic rings. The summed E-state index contributed by atoms with van der Waals surface area (Å²) >= 11 is 6.08. The molecule has 0 aliphatic heterocycles. The number of nitrogens with zero attached hydrogens (tertiary/aromatic N) is 3. The fourth-order valence-electron chi connectivity index (χ4n) is 2.60. The Bertz CT molecular complexity index is 760. The first-order valence-corrected chi connectivity index (χ1v) is 7.76. The summed E-state index contributed by atoms with van der Waals surface area (Å²) in [6, 6.07) is 10.5. The van der Waals surface area contributed by atoms with Crippen LogP contribution in [0, 0.1) is 6.92 Å². The van der Waals surface area contributed by atoms with Gasteiger partial charge in [0, 0.05) is 11.9 Å². The van der Waals surface area contributed by atoms with E-state index in [2.05, 4.69) is 41.2 Å². The molecule has 0 atom stereocenters. The lowest BCUT2D eigenvalue weighted by Crippen LogP contribution is -2.00. The normalized spacial score (nSPS) is 11.2. The van der Waals surface area contributed by atoms with Crippen LogP contribution in [0.5, 0.6) is 0 Å². The van der Waals surface area contributed by atoms with Gasteiger partial charge in [-0.05, 0) is 42.7 Å². The molecule has 0 saturated heterocycles. The van der Waals surface area contributed by atoms with E-state index in [1.807, 2.05) is 23.8 Å². The highest BCUT2D eigenvalue weighted by Gasteiger charge is 2.14. The number of aryl methyl sites for hydroxylation is 2. The lowest BCUT2D eigenvalue weighted by Gasteiger charge is -2.08. The number of hydrogen-bond acceptors (Lipinski definition) is 2. The van der Waals surface area contributed by atoms with Gasteiger partial charge in [0.25, 0.3) is 0 Å². The number of rotatable bonds is 4. The highest BCUT2D eigenvalue weighted by atomic mass is 35.5. The molecule has 21 heavy (non-hydrogen) atoms. The van der Waals surface area contributed by atoms with Crippen LogP contribution >= 0.6 is 11.6 Å². The molecule has 0 aliphatic carbocycles. The Hall–Kier alpha value is -1.87. The second-order valence-electron chi connectivity index (χ2n) is 5.21. The van der Waals surface area contributed by atoms with Gasteiger partial charge in [-0.1, -0.05) is 25.5 Å². The number of halogens is 1. The zero-order valence-electron chi connectivity index (χ0n) is 12.3. The zero-order chi connectivity index (χ0) is 14.8. The molecule has 0 amide bonds. The van der Waals surface area contributed by atoms with Crippen LogP contribution in [0.3, 0.4) is 0 Å². The standard InChI is InChI=1S/C17H18ClN3/c1-3-4-13-5-7-14(8-6-13)21-15(11-18)20-16-12(2)9-10-19-17(16)21/h5-10H,3-4,11H2,1-2H3. The van der Waals surface area contributed by atoms with Gasteiger partial charge in [0.05, 0.1) is 5.88 Å². The van der Waals surface area contributed by atoms with Crippen LogP contribution in [0.1, 0.15) is 30.3 Å². The van der Waals surface area contributed by atoms with E-state index in [4.69, 9.17) is 11.6 Å². The average molecular weight is 300 g/mol. The molecular formula is C17H18ClN3. The van der Waals surface area contributed by atoms with E-state index in [-0.39, 0.29) is 0 Å². The predicted octanol–water partition coefficient (Wildman–Crippen LogP) is 4.42. The average Bonchev–Trinajstić information content (AvgIpc) is 2.88. The molecule has 0 N–H and O–H groups in total. The van der Waals surface area contributed by atoms with Gasteiger partial charge in [-0.25, -0.2) is 9.97 Å². The molecular weight excluding hydrogens is 282 g/mol. The van der Waals surface area contributed by atoms with Crippen LogP contribution in [-0.4, -0.2) is 14.5 Å². The Balaban J connectivity index is 2.16. The molecule has 0 fully saturated rings. The van der Waals surface area contributed by atoms with Crippen molar-refractivity contribution in [3.63, 3.8) is 0 Å². The Kier molecular flexibility index (Phi) is 3.93. The van der Waals surface area contributed by atoms with Gasteiger partial charge < -0.3 is 0 Å². The molecule has 2 heterocycles. The van der Waals surface area contributed by atoms with Crippen LogP contribution in [-0.2, 0) is 12.3 Å². The van der Waals surface area contributed by atoms with Gasteiger partial charge in [0.1, 0.15) is 11.3 Å². The third kappa shape index (κ3) is 2.54. The number of hydrogen-bond donors (Lipinski definition) is 0. The maximum absolute atomic E-state index is 6.08. The molecule has 0 saturated carbocycles. The summed E-state index contributed by atoms with van der Waals surface area (Å²) in [7, 11) is 0. The van der Waals surface area contributed by atoms with Crippen molar-refractivity contribution in [3.8, 4) is 5.69 Å². The molecule has 108 valence electrons. The Morgan fingerprint density at radius 3 is 2.57 bits per heavy atom. The first kappa shape index (κ1) is 14.1. The minimum Gasteiger partial charge on any atom is -0.280 e. The first-order valence-electron chi connectivity index (χ1n) is 7.22. The van der Waals surface area contributed by atoms with Crippen LogP contribution in [0.4, 0.5) is 0 Å². The Morgan fingerprint density at radius 2 is 1.90 bits per heavy atom. The molecule has 0 bridgehead atoms. The van der Waals surface area contributed by atoms with Crippen molar-refractivity contribution in [3.05, 3.63) is 53.5 Å². The van der Waals surface area contributed by atoms with Crippen molar-refractivity contribution >= 4 is 22.8 Å². The molecule has 3 aromatic rings. The summed E-state index contributed by atoms with van der Waals surface area (Å²) in [6.45, 7) is 4.24. The van der Waals surface area contributed by atoms with Gasteiger partial charge in [-0.3, -0.25) is 4.57 Å². The van der Waals surface area contributed by atoms with E-state index in [1.54, 1.807) is 0 Å². The van der Waals surface area contributed by atoms with Gasteiger partial charge >= 0.3 is 0 Å². The SMILES string of the molecule is CCCc1ccc(-n2c(CCl)nc3c(C)ccnc32)cc1. The lowest BCUT2D eigenvalue weighted by atomic mass is 10.1. The Labute approximate surface area is 129 Å². The van der Waals surface area contributed by atoms with Gasteiger partial charge in [-0.15, -0.1) is 11.6 Å². The molecule has 1 aromatic carbocycles. The van der Waals surface area contributed by atoms with E-state index in [1.165, 1.54) is 5.56 Å². The maximum Gasteiger partial charge on any atom is 0.164 e. The van der Waals surface area contributed by atoms with E-state index < -0.39 is 0 Å². The summed E-state index contributed by atoms with van der Waals surface area (Å²) in [4.78, 5) is 9.12. The van der Waals surface area contributed by atoms with Crippen LogP contribution in [0.15, 0.2) is 36.5 Å². The summed E-state index contributed by atoms with van der Waals surface area (Å²) in [5.74, 6) is 1.20. The number of benzene rings is 1. The maximum atomic E-state index is 6.08. The Morgan fingerprint density at radius 1 is 1.14 bits per heavy atom. The highest BCUT2D eigenvalue weighted by molar-refractivity contribution is 6.17. The number of pyridine rings is 1. The minimum atomic E-state index is 0.368. The van der Waals surface area contributed by atoms with Crippen molar-refractivity contribution < 1.29 is 0 Å². The van der Waals surface area contributed by atoms with E-state index in [0.29, 0.717) is 5.88 Å². The van der Waals surface area contributed by atoms with Crippen molar-refractivity contribution in [2.75, 3.05) is 0 Å². The molecule has 0 spiro atoms. The van der Waals surface area contributed by atoms with Crippen molar-refractivity contribution in [2.24, 2.45) is 0 Å². The van der Waals surface area contributed by atoms with Crippen molar-refractivity contribution in [1.82, 2.24) is 14.5 Å². The summed E-state index contributed by atoms with van der Waals surface area (Å²) in [5.41, 5.74) is 5.32. The smallest absolute Gasteiger partial charge is 0.164 e. The number of imidazole rings is 1. The fourth-order valence-corrected chi connectivity index (χ4v) is 2.78. The minimum absolute atomic E-state index is 0.368. The molecule has 3 rings (SSSR count). The molecule has 4 heteroatoms. The largest absolute Gasteiger partial charge is 0.280 e. The quantitative estimate of drug-likeness (QED) is 0.668. The summed E-state index contributed by atoms with van der Waals surface area (Å²) in [6.07, 6.45) is 4.07. The predicted molar refractivity (Wildman–Crippen MR) is 87.2 cm³/mol. The second kappa shape index (κ2) is 5.86. The van der Waals surface area contributed by atoms with Gasteiger partial charge in [0.2, 0.25) is 0 Å². The monoisotopic (exact) mass is 299 g/mol. The van der Waals surface area contributed by atoms with Gasteiger partial charge in [0.15, 0.2) is 5.65 Å². The molecule has 0 radical (unpaired) electrons. The van der Waals surface area contributed by atoms with E-state index in [0.717, 1.165) is 41.1 Å². The number of aromatic nitrogens is 3. The number of fused-ring (bicyclic) bond motifs is 1. The van der Waals surface area contributed by atoms with Gasteiger partial charge in [-0.2, -0.15) is 0 Å².